The van der Waals surface area contributed by atoms with Crippen LogP contribution in [0.4, 0.5) is 0 Å². The lowest BCUT2D eigenvalue weighted by Gasteiger charge is -2.07. The van der Waals surface area contributed by atoms with Crippen LogP contribution < -0.4 is 0 Å². The Kier molecular flexibility index (Phi) is 4.14. The van der Waals surface area contributed by atoms with Gasteiger partial charge in [0.25, 0.3) is 0 Å². The first kappa shape index (κ1) is 15.0. The second kappa shape index (κ2) is 6.07. The fourth-order valence-corrected chi connectivity index (χ4v) is 2.62. The van der Waals surface area contributed by atoms with Crippen LogP contribution in [0.3, 0.4) is 0 Å². The molecule has 9 heteroatoms. The number of nitrogens with one attached hydrogen (secondary N) is 1. The number of benzene rings is 1. The van der Waals surface area contributed by atoms with E-state index in [-0.39, 0.29) is 22.6 Å². The summed E-state index contributed by atoms with van der Waals surface area (Å²) in [5.74, 6) is -0.0734. The summed E-state index contributed by atoms with van der Waals surface area (Å²) in [6.45, 7) is 0.690. The predicted octanol–water partition coefficient (Wildman–Crippen LogP) is 2.74. The number of nitrogens with zero attached hydrogens (tertiary/aromatic N) is 3. The minimum Gasteiger partial charge on any atom is -0.504 e. The lowest BCUT2D eigenvalue weighted by Crippen LogP contribution is -2.05. The normalized spacial score (nSPS) is 18.3. The van der Waals surface area contributed by atoms with Gasteiger partial charge in [0.15, 0.2) is 17.3 Å². The minimum absolute atomic E-state index is 0.0385. The Hall–Kier alpha value is -1.90. The number of aromatic amines is 1. The Morgan fingerprint density at radius 1 is 1.50 bits per heavy atom. The quantitative estimate of drug-likeness (QED) is 0.453. The molecular weight excluding hydrogens is 328 g/mol. The van der Waals surface area contributed by atoms with Crippen LogP contribution in [0.1, 0.15) is 30.3 Å². The summed E-state index contributed by atoms with van der Waals surface area (Å²) in [4.78, 5) is 0. The molecule has 3 rings (SSSR count). The van der Waals surface area contributed by atoms with Gasteiger partial charge in [0.2, 0.25) is 4.77 Å². The molecule has 7 nitrogen and oxygen atoms in total. The summed E-state index contributed by atoms with van der Waals surface area (Å²) in [6.07, 6.45) is 3.16. The molecule has 0 spiro atoms. The number of phenolic OH excluding ortho intramolecular Hbond substituents is 2. The molecule has 1 fully saturated rings. The zero-order chi connectivity index (χ0) is 15.7. The van der Waals surface area contributed by atoms with Crippen molar-refractivity contribution in [2.45, 2.75) is 18.9 Å². The number of rotatable bonds is 3. The number of halogens is 1. The first-order valence-electron chi connectivity index (χ1n) is 6.61. The van der Waals surface area contributed by atoms with Gasteiger partial charge in [-0.25, -0.2) is 0 Å². The molecule has 3 N–H and O–H groups in total. The van der Waals surface area contributed by atoms with E-state index in [9.17, 15) is 10.2 Å². The molecule has 22 heavy (non-hydrogen) atoms. The molecule has 0 amide bonds. The van der Waals surface area contributed by atoms with Crippen molar-refractivity contribution in [3.05, 3.63) is 33.3 Å². The average molecular weight is 341 g/mol. The van der Waals surface area contributed by atoms with Crippen LogP contribution >= 0.6 is 23.8 Å². The molecule has 0 saturated carbocycles. The molecule has 2 heterocycles. The summed E-state index contributed by atoms with van der Waals surface area (Å²) in [6, 6.07) is 2.83. The molecule has 0 radical (unpaired) electrons. The molecule has 0 aliphatic carbocycles. The van der Waals surface area contributed by atoms with Crippen LogP contribution in [-0.2, 0) is 4.74 Å². The smallest absolute Gasteiger partial charge is 0.216 e. The number of hydrogen-bond acceptors (Lipinski definition) is 6. The zero-order valence-corrected chi connectivity index (χ0v) is 12.9. The third-order valence-corrected chi connectivity index (χ3v) is 3.83. The van der Waals surface area contributed by atoms with Gasteiger partial charge in [0.1, 0.15) is 6.10 Å². The highest BCUT2D eigenvalue weighted by Gasteiger charge is 2.23. The van der Waals surface area contributed by atoms with E-state index in [2.05, 4.69) is 15.3 Å². The van der Waals surface area contributed by atoms with E-state index in [0.717, 1.165) is 12.8 Å². The second-order valence-electron chi connectivity index (χ2n) is 4.82. The van der Waals surface area contributed by atoms with Gasteiger partial charge in [0.05, 0.1) is 11.2 Å². The van der Waals surface area contributed by atoms with E-state index in [1.54, 1.807) is 0 Å². The molecular formula is C13H13ClN4O3S. The predicted molar refractivity (Wildman–Crippen MR) is 83.1 cm³/mol. The highest BCUT2D eigenvalue weighted by atomic mass is 35.5. The van der Waals surface area contributed by atoms with E-state index in [0.29, 0.717) is 22.8 Å². The van der Waals surface area contributed by atoms with E-state index in [1.165, 1.54) is 23.0 Å². The van der Waals surface area contributed by atoms with Crippen molar-refractivity contribution in [2.24, 2.45) is 5.10 Å². The number of aromatic hydroxyl groups is 2. The summed E-state index contributed by atoms with van der Waals surface area (Å²) >= 11 is 11.0. The SMILES string of the molecule is Oc1cc(/C=N/n2c([C@H]3CCCO3)n[nH]c2=S)cc(Cl)c1O. The fraction of sp³-hybridized carbons (Fsp3) is 0.308. The monoisotopic (exact) mass is 340 g/mol. The number of H-pyrrole nitrogens is 1. The Morgan fingerprint density at radius 3 is 3.00 bits per heavy atom. The summed E-state index contributed by atoms with van der Waals surface area (Å²) in [5.41, 5.74) is 0.515. The number of phenols is 2. The molecule has 116 valence electrons. The summed E-state index contributed by atoms with van der Waals surface area (Å²) < 4.78 is 7.40. The topological polar surface area (TPSA) is 95.7 Å². The van der Waals surface area contributed by atoms with Gasteiger partial charge < -0.3 is 14.9 Å². The molecule has 1 atom stereocenters. The Morgan fingerprint density at radius 2 is 2.32 bits per heavy atom. The van der Waals surface area contributed by atoms with E-state index >= 15 is 0 Å². The zero-order valence-electron chi connectivity index (χ0n) is 11.4. The maximum atomic E-state index is 9.56. The van der Waals surface area contributed by atoms with Gasteiger partial charge >= 0.3 is 0 Å². The molecule has 1 saturated heterocycles. The van der Waals surface area contributed by atoms with Crippen molar-refractivity contribution in [1.82, 2.24) is 14.9 Å². The highest BCUT2D eigenvalue weighted by molar-refractivity contribution is 7.71. The standard InChI is InChI=1S/C13H13ClN4O3S/c14-8-4-7(5-9(19)11(8)20)6-15-18-12(16-17-13(18)22)10-2-1-3-21-10/h4-6,10,19-20H,1-3H2,(H,17,22)/b15-6+/t10-/m1/s1. The van der Waals surface area contributed by atoms with Crippen molar-refractivity contribution in [2.75, 3.05) is 6.61 Å². The molecule has 1 aliphatic rings. The first-order valence-corrected chi connectivity index (χ1v) is 7.39. The van der Waals surface area contributed by atoms with Gasteiger partial charge in [-0.15, -0.1) is 0 Å². The molecule has 1 aromatic heterocycles. The maximum absolute atomic E-state index is 9.56. The lowest BCUT2D eigenvalue weighted by molar-refractivity contribution is 0.102. The van der Waals surface area contributed by atoms with Crippen LogP contribution in [-0.4, -0.2) is 37.9 Å². The molecule has 1 aromatic carbocycles. The van der Waals surface area contributed by atoms with Crippen LogP contribution in [0.2, 0.25) is 5.02 Å². The molecule has 1 aliphatic heterocycles. The second-order valence-corrected chi connectivity index (χ2v) is 5.61. The largest absolute Gasteiger partial charge is 0.504 e. The maximum Gasteiger partial charge on any atom is 0.216 e. The molecule has 0 bridgehead atoms. The van der Waals surface area contributed by atoms with Gasteiger partial charge in [-0.2, -0.15) is 14.9 Å². The van der Waals surface area contributed by atoms with Crippen LogP contribution in [0.5, 0.6) is 11.5 Å². The van der Waals surface area contributed by atoms with Crippen molar-refractivity contribution >= 4 is 30.0 Å². The van der Waals surface area contributed by atoms with E-state index < -0.39 is 0 Å². The minimum atomic E-state index is -0.362. The lowest BCUT2D eigenvalue weighted by atomic mass is 10.2. The summed E-state index contributed by atoms with van der Waals surface area (Å²) in [5, 5.41) is 30.1. The summed E-state index contributed by atoms with van der Waals surface area (Å²) in [7, 11) is 0. The molecule has 0 unspecified atom stereocenters. The van der Waals surface area contributed by atoms with Crippen LogP contribution in [0.15, 0.2) is 17.2 Å². The van der Waals surface area contributed by atoms with Crippen molar-refractivity contribution in [3.8, 4) is 11.5 Å². The van der Waals surface area contributed by atoms with E-state index in [4.69, 9.17) is 28.6 Å². The number of aromatic nitrogens is 3. The Labute approximate surface area is 135 Å². The first-order chi connectivity index (χ1) is 10.6. The third kappa shape index (κ3) is 2.85. The number of ether oxygens (including phenoxy) is 1. The van der Waals surface area contributed by atoms with Gasteiger partial charge in [-0.3, -0.25) is 5.10 Å². The van der Waals surface area contributed by atoms with Gasteiger partial charge in [-0.1, -0.05) is 11.6 Å². The van der Waals surface area contributed by atoms with Crippen molar-refractivity contribution < 1.29 is 14.9 Å². The number of hydrogen-bond donors (Lipinski definition) is 3. The van der Waals surface area contributed by atoms with Gasteiger partial charge in [-0.05, 0) is 42.8 Å². The molecule has 2 aromatic rings. The third-order valence-electron chi connectivity index (χ3n) is 3.28. The van der Waals surface area contributed by atoms with Crippen molar-refractivity contribution in [1.29, 1.82) is 0 Å². The van der Waals surface area contributed by atoms with Gasteiger partial charge in [0, 0.05) is 6.61 Å². The Bertz CT molecular complexity index is 757. The highest BCUT2D eigenvalue weighted by Crippen LogP contribution is 2.33. The van der Waals surface area contributed by atoms with Crippen LogP contribution in [0, 0.1) is 4.77 Å². The Balaban J connectivity index is 1.93. The average Bonchev–Trinajstić information content (AvgIpc) is 3.12. The van der Waals surface area contributed by atoms with Crippen molar-refractivity contribution in [3.63, 3.8) is 0 Å². The fourth-order valence-electron chi connectivity index (χ4n) is 2.21. The van der Waals surface area contributed by atoms with Crippen LogP contribution in [0.25, 0.3) is 0 Å². The van der Waals surface area contributed by atoms with E-state index in [1.807, 2.05) is 0 Å².